The highest BCUT2D eigenvalue weighted by atomic mass is 35.5. The quantitative estimate of drug-likeness (QED) is 0.224. The molecule has 3 aromatic carbocycles. The normalized spacial score (nSPS) is 15.6. The molecule has 0 radical (unpaired) electrons. The molecule has 3 N–H and O–H groups in total. The fraction of sp³-hybridized carbons (Fsp3) is 0.312. The fourth-order valence-electron chi connectivity index (χ4n) is 5.13. The molecule has 1 saturated heterocycles. The summed E-state index contributed by atoms with van der Waals surface area (Å²) < 4.78 is 2.66. The van der Waals surface area contributed by atoms with Crippen molar-refractivity contribution in [1.82, 2.24) is 20.1 Å². The van der Waals surface area contributed by atoms with E-state index < -0.39 is 17.6 Å². The predicted octanol–water partition coefficient (Wildman–Crippen LogP) is 5.89. The van der Waals surface area contributed by atoms with Gasteiger partial charge in [0.2, 0.25) is 0 Å². The maximum absolute atomic E-state index is 13.7. The first-order chi connectivity index (χ1) is 20.3. The minimum atomic E-state index is -0.905. The van der Waals surface area contributed by atoms with Crippen LogP contribution in [0.2, 0.25) is 5.02 Å². The van der Waals surface area contributed by atoms with Gasteiger partial charge in [0.1, 0.15) is 6.04 Å². The van der Waals surface area contributed by atoms with Crippen molar-refractivity contribution < 1.29 is 19.8 Å². The van der Waals surface area contributed by atoms with E-state index >= 15 is 0 Å². The summed E-state index contributed by atoms with van der Waals surface area (Å²) in [7, 11) is 1.89. The Labute approximate surface area is 258 Å². The maximum atomic E-state index is 13.7. The van der Waals surface area contributed by atoms with E-state index in [1.54, 1.807) is 44.0 Å². The number of thiazole rings is 1. The standard InChI is InChI=1S/C28H24ClN5O3S.C4H10O/c1-15-11-21-26(24(20(15)13-23(35)36)16-3-6-19(29)7-4-16)38-28(32-21)34-10-9-30-25(27(34)37)17-5-8-22-18(12-17)14-31-33(22)2;1-4(2,3)5/h3-8,11-12,14,25,30H,9-10,13H2,1-2H3,(H,35,36);5H,1-3H3. The zero-order valence-electron chi connectivity index (χ0n) is 24.7. The Balaban J connectivity index is 0.000000682. The van der Waals surface area contributed by atoms with Gasteiger partial charge in [0, 0.05) is 36.1 Å². The van der Waals surface area contributed by atoms with Crippen LogP contribution in [0.3, 0.4) is 0 Å². The van der Waals surface area contributed by atoms with Crippen LogP contribution in [0.15, 0.2) is 54.7 Å². The lowest BCUT2D eigenvalue weighted by Crippen LogP contribution is -2.50. The number of amides is 1. The number of carbonyl (C=O) groups excluding carboxylic acids is 1. The van der Waals surface area contributed by atoms with Gasteiger partial charge in [0.25, 0.3) is 5.91 Å². The lowest BCUT2D eigenvalue weighted by atomic mass is 9.93. The maximum Gasteiger partial charge on any atom is 0.307 e. The van der Waals surface area contributed by atoms with E-state index in [4.69, 9.17) is 21.7 Å². The molecule has 6 rings (SSSR count). The van der Waals surface area contributed by atoms with Gasteiger partial charge < -0.3 is 15.5 Å². The number of hydrogen-bond acceptors (Lipinski definition) is 7. The number of carboxylic acid groups (broad SMARTS) is 1. The molecule has 224 valence electrons. The molecule has 0 saturated carbocycles. The Kier molecular flexibility index (Phi) is 8.58. The lowest BCUT2D eigenvalue weighted by Gasteiger charge is -2.31. The second kappa shape index (κ2) is 12.0. The van der Waals surface area contributed by atoms with Gasteiger partial charge in [-0.05, 0) is 80.3 Å². The van der Waals surface area contributed by atoms with E-state index in [2.05, 4.69) is 10.4 Å². The van der Waals surface area contributed by atoms with E-state index in [0.29, 0.717) is 23.2 Å². The van der Waals surface area contributed by atoms with Crippen LogP contribution in [0.25, 0.3) is 32.2 Å². The molecule has 3 heterocycles. The molecule has 5 aromatic rings. The van der Waals surface area contributed by atoms with Crippen molar-refractivity contribution in [2.75, 3.05) is 18.0 Å². The average Bonchev–Trinajstić information content (AvgIpc) is 3.51. The van der Waals surface area contributed by atoms with E-state index in [1.807, 2.05) is 55.1 Å². The van der Waals surface area contributed by atoms with Crippen LogP contribution < -0.4 is 10.2 Å². The SMILES string of the molecule is CC(C)(C)O.Cc1cc2nc(N3CCNC(c4ccc5c(cnn5C)c4)C3=O)sc2c(-c2ccc(Cl)cc2)c1CC(=O)O. The van der Waals surface area contributed by atoms with Gasteiger partial charge in [-0.15, -0.1) is 0 Å². The highest BCUT2D eigenvalue weighted by Gasteiger charge is 2.33. The molecular formula is C32H34ClN5O4S. The number of anilines is 1. The molecule has 1 amide bonds. The summed E-state index contributed by atoms with van der Waals surface area (Å²) in [6.07, 6.45) is 1.69. The molecule has 1 fully saturated rings. The topological polar surface area (TPSA) is 121 Å². The molecule has 1 aliphatic rings. The third-order valence-electron chi connectivity index (χ3n) is 6.99. The largest absolute Gasteiger partial charge is 0.481 e. The molecule has 1 unspecified atom stereocenters. The second-order valence-corrected chi connectivity index (χ2v) is 13.0. The summed E-state index contributed by atoms with van der Waals surface area (Å²) in [6.45, 7) is 8.23. The van der Waals surface area contributed by atoms with Crippen LogP contribution >= 0.6 is 22.9 Å². The van der Waals surface area contributed by atoms with Crippen molar-refractivity contribution in [2.24, 2.45) is 7.05 Å². The van der Waals surface area contributed by atoms with Crippen molar-refractivity contribution in [3.8, 4) is 11.1 Å². The number of benzene rings is 3. The average molecular weight is 620 g/mol. The number of carboxylic acids is 1. The molecule has 43 heavy (non-hydrogen) atoms. The molecule has 0 bridgehead atoms. The number of piperazine rings is 1. The Morgan fingerprint density at radius 3 is 2.53 bits per heavy atom. The monoisotopic (exact) mass is 619 g/mol. The number of halogens is 1. The second-order valence-electron chi connectivity index (χ2n) is 11.6. The fourth-order valence-corrected chi connectivity index (χ4v) is 6.42. The lowest BCUT2D eigenvalue weighted by molar-refractivity contribution is -0.136. The first-order valence-corrected chi connectivity index (χ1v) is 15.1. The van der Waals surface area contributed by atoms with Crippen LogP contribution in [0, 0.1) is 6.92 Å². The van der Waals surface area contributed by atoms with Crippen molar-refractivity contribution in [1.29, 1.82) is 0 Å². The Morgan fingerprint density at radius 1 is 1.16 bits per heavy atom. The number of hydrogen-bond donors (Lipinski definition) is 3. The van der Waals surface area contributed by atoms with E-state index in [0.717, 1.165) is 48.9 Å². The van der Waals surface area contributed by atoms with E-state index in [9.17, 15) is 14.7 Å². The van der Waals surface area contributed by atoms with Gasteiger partial charge in [0.15, 0.2) is 5.13 Å². The smallest absolute Gasteiger partial charge is 0.307 e. The summed E-state index contributed by atoms with van der Waals surface area (Å²) in [5.41, 5.74) is 5.38. The molecule has 2 aromatic heterocycles. The number of aliphatic hydroxyl groups is 1. The van der Waals surface area contributed by atoms with Crippen LogP contribution in [0.1, 0.15) is 43.5 Å². The van der Waals surface area contributed by atoms with Gasteiger partial charge >= 0.3 is 5.97 Å². The summed E-state index contributed by atoms with van der Waals surface area (Å²) in [5.74, 6) is -0.979. The molecule has 1 atom stereocenters. The number of fused-ring (bicyclic) bond motifs is 2. The van der Waals surface area contributed by atoms with E-state index in [-0.39, 0.29) is 12.3 Å². The van der Waals surface area contributed by atoms with Gasteiger partial charge in [-0.25, -0.2) is 4.98 Å². The first-order valence-electron chi connectivity index (χ1n) is 13.9. The summed E-state index contributed by atoms with van der Waals surface area (Å²) in [4.78, 5) is 32.1. The number of aliphatic carboxylic acids is 1. The first kappa shape index (κ1) is 30.6. The highest BCUT2D eigenvalue weighted by Crippen LogP contribution is 2.41. The van der Waals surface area contributed by atoms with Crippen molar-refractivity contribution in [3.63, 3.8) is 0 Å². The van der Waals surface area contributed by atoms with Gasteiger partial charge in [-0.3, -0.25) is 19.2 Å². The third kappa shape index (κ3) is 6.73. The Bertz CT molecular complexity index is 1820. The number of rotatable bonds is 5. The van der Waals surface area contributed by atoms with Crippen LogP contribution in [-0.4, -0.2) is 55.5 Å². The van der Waals surface area contributed by atoms with Crippen LogP contribution in [-0.2, 0) is 23.1 Å². The predicted molar refractivity (Wildman–Crippen MR) is 172 cm³/mol. The van der Waals surface area contributed by atoms with Crippen molar-refractivity contribution in [2.45, 2.75) is 45.8 Å². The molecule has 9 nitrogen and oxygen atoms in total. The molecule has 0 spiro atoms. The Morgan fingerprint density at radius 2 is 1.86 bits per heavy atom. The van der Waals surface area contributed by atoms with Crippen molar-refractivity contribution in [3.05, 3.63) is 76.4 Å². The number of aromatic nitrogens is 3. The number of nitrogens with zero attached hydrogens (tertiary/aromatic N) is 4. The van der Waals surface area contributed by atoms with Gasteiger partial charge in [-0.1, -0.05) is 41.1 Å². The minimum Gasteiger partial charge on any atom is -0.481 e. The molecule has 0 aliphatic carbocycles. The van der Waals surface area contributed by atoms with Gasteiger partial charge in [0.05, 0.1) is 34.0 Å². The minimum absolute atomic E-state index is 0.0749. The zero-order valence-corrected chi connectivity index (χ0v) is 26.3. The number of nitrogens with one attached hydrogen (secondary N) is 1. The van der Waals surface area contributed by atoms with Crippen molar-refractivity contribution >= 4 is 61.1 Å². The van der Waals surface area contributed by atoms with Crippen LogP contribution in [0.4, 0.5) is 5.13 Å². The summed E-state index contributed by atoms with van der Waals surface area (Å²) >= 11 is 7.55. The third-order valence-corrected chi connectivity index (χ3v) is 8.36. The Hall–Kier alpha value is -3.83. The number of carbonyl (C=O) groups is 2. The summed E-state index contributed by atoms with van der Waals surface area (Å²) in [6, 6.07) is 14.7. The van der Waals surface area contributed by atoms with E-state index in [1.165, 1.54) is 11.3 Å². The molecular weight excluding hydrogens is 586 g/mol. The highest BCUT2D eigenvalue weighted by molar-refractivity contribution is 7.23. The number of aryl methyl sites for hydroxylation is 2. The van der Waals surface area contributed by atoms with Gasteiger partial charge in [-0.2, -0.15) is 5.10 Å². The zero-order chi connectivity index (χ0) is 31.1. The molecule has 1 aliphatic heterocycles. The molecule has 11 heteroatoms. The summed E-state index contributed by atoms with van der Waals surface area (Å²) in [5, 5.41) is 28.0. The van der Waals surface area contributed by atoms with Crippen LogP contribution in [0.5, 0.6) is 0 Å².